The minimum Gasteiger partial charge on any atom is -0.494 e. The lowest BCUT2D eigenvalue weighted by atomic mass is 9.89. The number of nitrogens with zero attached hydrogens (tertiary/aromatic N) is 1. The van der Waals surface area contributed by atoms with Gasteiger partial charge in [0, 0.05) is 6.54 Å². The number of hydrogen-bond donors (Lipinski definition) is 2. The number of hydrogen-bond acceptors (Lipinski definition) is 3. The molecule has 1 fully saturated rings. The highest BCUT2D eigenvalue weighted by molar-refractivity contribution is 5.22. The molecule has 5 nitrogen and oxygen atoms in total. The van der Waals surface area contributed by atoms with Crippen molar-refractivity contribution in [3.05, 3.63) is 26.4 Å². The van der Waals surface area contributed by atoms with E-state index in [0.717, 1.165) is 12.8 Å². The molecule has 1 aliphatic rings. The van der Waals surface area contributed by atoms with Crippen molar-refractivity contribution in [3.63, 3.8) is 0 Å². The van der Waals surface area contributed by atoms with Gasteiger partial charge in [0.15, 0.2) is 0 Å². The number of aromatic amines is 1. The molecule has 1 aromatic rings. The molecule has 1 aromatic heterocycles. The quantitative estimate of drug-likeness (QED) is 0.853. The van der Waals surface area contributed by atoms with E-state index < -0.39 is 11.2 Å². The van der Waals surface area contributed by atoms with E-state index in [1.165, 1.54) is 23.8 Å². The van der Waals surface area contributed by atoms with Crippen LogP contribution in [0.15, 0.2) is 9.59 Å². The highest BCUT2D eigenvalue weighted by atomic mass is 16.3. The maximum Gasteiger partial charge on any atom is 0.331 e. The minimum absolute atomic E-state index is 0.156. The maximum absolute atomic E-state index is 11.8. The van der Waals surface area contributed by atoms with E-state index in [9.17, 15) is 14.7 Å². The molecule has 1 heterocycles. The normalized spacial score (nSPS) is 16.9. The van der Waals surface area contributed by atoms with Crippen molar-refractivity contribution >= 4 is 0 Å². The summed E-state index contributed by atoms with van der Waals surface area (Å²) in [5, 5.41) is 10.0. The van der Waals surface area contributed by atoms with Crippen molar-refractivity contribution in [2.24, 2.45) is 5.92 Å². The summed E-state index contributed by atoms with van der Waals surface area (Å²) in [6, 6.07) is 0. The molecule has 0 atom stereocenters. The molecular formula is C13H20N2O3. The van der Waals surface area contributed by atoms with Crippen LogP contribution in [0.4, 0.5) is 0 Å². The summed E-state index contributed by atoms with van der Waals surface area (Å²) >= 11 is 0. The fourth-order valence-corrected chi connectivity index (χ4v) is 2.72. The molecule has 2 N–H and O–H groups in total. The average molecular weight is 252 g/mol. The topological polar surface area (TPSA) is 75.1 Å². The summed E-state index contributed by atoms with van der Waals surface area (Å²) in [4.78, 5) is 25.5. The second-order valence-electron chi connectivity index (χ2n) is 5.03. The first-order valence-corrected chi connectivity index (χ1v) is 6.68. The molecule has 5 heteroatoms. The Kier molecular flexibility index (Phi) is 3.89. The predicted octanol–water partition coefficient (Wildman–Crippen LogP) is 1.38. The molecular weight excluding hydrogens is 232 g/mol. The summed E-state index contributed by atoms with van der Waals surface area (Å²) in [5.41, 5.74) is -0.675. The van der Waals surface area contributed by atoms with E-state index in [-0.39, 0.29) is 5.88 Å². The molecule has 18 heavy (non-hydrogen) atoms. The fourth-order valence-electron chi connectivity index (χ4n) is 2.72. The van der Waals surface area contributed by atoms with E-state index in [4.69, 9.17) is 0 Å². The van der Waals surface area contributed by atoms with Gasteiger partial charge in [0.05, 0.1) is 5.56 Å². The highest BCUT2D eigenvalue weighted by Gasteiger charge is 2.18. The zero-order chi connectivity index (χ0) is 13.1. The SMILES string of the molecule is CCc1c(O)n(CC2CCCCC2)c(=O)[nH]c1=O. The van der Waals surface area contributed by atoms with Crippen LogP contribution in [-0.2, 0) is 13.0 Å². The lowest BCUT2D eigenvalue weighted by molar-refractivity contribution is 0.291. The highest BCUT2D eigenvalue weighted by Crippen LogP contribution is 2.25. The molecule has 1 saturated carbocycles. The lowest BCUT2D eigenvalue weighted by Crippen LogP contribution is -2.34. The number of rotatable bonds is 3. The van der Waals surface area contributed by atoms with Crippen molar-refractivity contribution in [1.82, 2.24) is 9.55 Å². The minimum atomic E-state index is -0.500. The lowest BCUT2D eigenvalue weighted by Gasteiger charge is -2.22. The van der Waals surface area contributed by atoms with Gasteiger partial charge < -0.3 is 5.11 Å². The molecule has 2 rings (SSSR count). The van der Waals surface area contributed by atoms with Crippen molar-refractivity contribution in [1.29, 1.82) is 0 Å². The van der Waals surface area contributed by atoms with Crippen molar-refractivity contribution in [2.75, 3.05) is 0 Å². The van der Waals surface area contributed by atoms with Crippen molar-refractivity contribution in [3.8, 4) is 5.88 Å². The number of H-pyrrole nitrogens is 1. The first kappa shape index (κ1) is 12.9. The Bertz CT molecular complexity index is 524. The molecule has 0 amide bonds. The van der Waals surface area contributed by atoms with Crippen LogP contribution in [0.1, 0.15) is 44.6 Å². The summed E-state index contributed by atoms with van der Waals surface area (Å²) in [6.07, 6.45) is 6.22. The first-order chi connectivity index (χ1) is 8.63. The Balaban J connectivity index is 2.32. The third-order valence-electron chi connectivity index (χ3n) is 3.78. The Labute approximate surface area is 105 Å². The van der Waals surface area contributed by atoms with Gasteiger partial charge in [0.2, 0.25) is 5.88 Å². The van der Waals surface area contributed by atoms with E-state index in [1.54, 1.807) is 6.92 Å². The van der Waals surface area contributed by atoms with Crippen molar-refractivity contribution < 1.29 is 5.11 Å². The number of aromatic hydroxyl groups is 1. The Hall–Kier alpha value is -1.52. The third kappa shape index (κ3) is 2.49. The maximum atomic E-state index is 11.8. The van der Waals surface area contributed by atoms with Crippen LogP contribution in [-0.4, -0.2) is 14.7 Å². The number of nitrogens with one attached hydrogen (secondary N) is 1. The van der Waals surface area contributed by atoms with Gasteiger partial charge in [-0.05, 0) is 25.2 Å². The second kappa shape index (κ2) is 5.42. The van der Waals surface area contributed by atoms with Gasteiger partial charge in [0.1, 0.15) is 0 Å². The summed E-state index contributed by atoms with van der Waals surface area (Å²) < 4.78 is 1.32. The van der Waals surface area contributed by atoms with E-state index in [0.29, 0.717) is 24.4 Å². The van der Waals surface area contributed by atoms with E-state index >= 15 is 0 Å². The van der Waals surface area contributed by atoms with Crippen LogP contribution < -0.4 is 11.2 Å². The molecule has 0 bridgehead atoms. The fraction of sp³-hybridized carbons (Fsp3) is 0.692. The van der Waals surface area contributed by atoms with Crippen molar-refractivity contribution in [2.45, 2.75) is 52.0 Å². The van der Waals surface area contributed by atoms with Gasteiger partial charge in [-0.15, -0.1) is 0 Å². The third-order valence-corrected chi connectivity index (χ3v) is 3.78. The first-order valence-electron chi connectivity index (χ1n) is 6.68. The molecule has 0 saturated heterocycles. The summed E-state index contributed by atoms with van der Waals surface area (Å²) in [6.45, 7) is 2.30. The van der Waals surface area contributed by atoms with Gasteiger partial charge in [-0.1, -0.05) is 26.2 Å². The van der Waals surface area contributed by atoms with Gasteiger partial charge in [-0.2, -0.15) is 0 Å². The Morgan fingerprint density at radius 2 is 1.94 bits per heavy atom. The molecule has 1 aliphatic carbocycles. The van der Waals surface area contributed by atoms with Crippen LogP contribution in [0, 0.1) is 5.92 Å². The molecule has 0 radical (unpaired) electrons. The van der Waals surface area contributed by atoms with E-state index in [1.807, 2.05) is 0 Å². The van der Waals surface area contributed by atoms with E-state index in [2.05, 4.69) is 4.98 Å². The van der Waals surface area contributed by atoms with Crippen LogP contribution >= 0.6 is 0 Å². The molecule has 0 spiro atoms. The zero-order valence-corrected chi connectivity index (χ0v) is 10.7. The smallest absolute Gasteiger partial charge is 0.331 e. The van der Waals surface area contributed by atoms with Gasteiger partial charge in [-0.3, -0.25) is 14.3 Å². The van der Waals surface area contributed by atoms with Crippen LogP contribution in [0.5, 0.6) is 5.88 Å². The standard InChI is InChI=1S/C13H20N2O3/c1-2-10-11(16)14-13(18)15(12(10)17)8-9-6-4-3-5-7-9/h9,17H,2-8H2,1H3,(H,14,16,18). The Morgan fingerprint density at radius 1 is 1.28 bits per heavy atom. The van der Waals surface area contributed by atoms with Crippen LogP contribution in [0.3, 0.4) is 0 Å². The van der Waals surface area contributed by atoms with Crippen LogP contribution in [0.2, 0.25) is 0 Å². The zero-order valence-electron chi connectivity index (χ0n) is 10.7. The monoisotopic (exact) mass is 252 g/mol. The van der Waals surface area contributed by atoms with Gasteiger partial charge >= 0.3 is 5.69 Å². The summed E-state index contributed by atoms with van der Waals surface area (Å²) in [5.74, 6) is 0.273. The average Bonchev–Trinajstić information content (AvgIpc) is 2.36. The molecule has 0 unspecified atom stereocenters. The second-order valence-corrected chi connectivity index (χ2v) is 5.03. The van der Waals surface area contributed by atoms with Crippen LogP contribution in [0.25, 0.3) is 0 Å². The summed E-state index contributed by atoms with van der Waals surface area (Å²) in [7, 11) is 0. The number of aromatic nitrogens is 2. The van der Waals surface area contributed by atoms with Gasteiger partial charge in [-0.25, -0.2) is 4.79 Å². The van der Waals surface area contributed by atoms with Gasteiger partial charge in [0.25, 0.3) is 5.56 Å². The molecule has 0 aliphatic heterocycles. The molecule has 0 aromatic carbocycles. The molecule has 100 valence electrons. The largest absolute Gasteiger partial charge is 0.494 e. The Morgan fingerprint density at radius 3 is 2.56 bits per heavy atom. The predicted molar refractivity (Wildman–Crippen MR) is 68.9 cm³/mol.